The molecule has 1 aromatic carbocycles. The molecular formula is C14H14ClN3O. The second kappa shape index (κ2) is 5.15. The van der Waals surface area contributed by atoms with Crippen LogP contribution in [0, 0.1) is 5.92 Å². The number of para-hydroxylation sites is 1. The average Bonchev–Trinajstić information content (AvgIpc) is 2.99. The molecule has 0 spiro atoms. The largest absolute Gasteiger partial charge is 0.316 e. The monoisotopic (exact) mass is 275 g/mol. The summed E-state index contributed by atoms with van der Waals surface area (Å²) in [6, 6.07) is 9.44. The molecule has 2 aromatic rings. The second-order valence-electron chi connectivity index (χ2n) is 4.66. The van der Waals surface area contributed by atoms with E-state index in [4.69, 9.17) is 11.8 Å². The zero-order valence-electron chi connectivity index (χ0n) is 10.3. The Kier molecular flexibility index (Phi) is 3.36. The number of carbonyl (C=O) groups is 1. The number of amides is 1. The fraction of sp³-hybridized carbons (Fsp3) is 0.286. The standard InChI is InChI=1S/C14H14ClN3O/c15-18(14(19)10-5-7-16-9-10)13-6-8-17-12-4-2-1-3-11(12)13/h1-4,6,8,10,16H,5,7,9H2/t10-/m0/s1. The molecule has 0 saturated carbocycles. The zero-order valence-corrected chi connectivity index (χ0v) is 11.1. The second-order valence-corrected chi connectivity index (χ2v) is 4.99. The third kappa shape index (κ3) is 2.29. The summed E-state index contributed by atoms with van der Waals surface area (Å²) in [5.41, 5.74) is 1.53. The van der Waals surface area contributed by atoms with Gasteiger partial charge in [0.1, 0.15) is 0 Å². The summed E-state index contributed by atoms with van der Waals surface area (Å²) in [6.45, 7) is 1.57. The molecular weight excluding hydrogens is 262 g/mol. The van der Waals surface area contributed by atoms with Crippen LogP contribution >= 0.6 is 11.8 Å². The Morgan fingerprint density at radius 1 is 1.37 bits per heavy atom. The van der Waals surface area contributed by atoms with Gasteiger partial charge in [-0.3, -0.25) is 9.78 Å². The number of nitrogens with one attached hydrogen (secondary N) is 1. The molecule has 1 aliphatic rings. The van der Waals surface area contributed by atoms with Crippen LogP contribution in [0.1, 0.15) is 6.42 Å². The van der Waals surface area contributed by atoms with E-state index in [2.05, 4.69) is 10.3 Å². The van der Waals surface area contributed by atoms with Crippen molar-refractivity contribution in [2.24, 2.45) is 5.92 Å². The fourth-order valence-corrected chi connectivity index (χ4v) is 2.68. The van der Waals surface area contributed by atoms with Crippen LogP contribution in [-0.2, 0) is 4.79 Å². The first-order valence-electron chi connectivity index (χ1n) is 6.31. The van der Waals surface area contributed by atoms with Crippen LogP contribution in [-0.4, -0.2) is 24.0 Å². The molecule has 19 heavy (non-hydrogen) atoms. The number of aromatic nitrogens is 1. The maximum Gasteiger partial charge on any atom is 0.246 e. The van der Waals surface area contributed by atoms with Gasteiger partial charge in [-0.2, -0.15) is 0 Å². The minimum Gasteiger partial charge on any atom is -0.316 e. The van der Waals surface area contributed by atoms with Crippen molar-refractivity contribution in [2.75, 3.05) is 17.5 Å². The molecule has 0 unspecified atom stereocenters. The summed E-state index contributed by atoms with van der Waals surface area (Å²) in [7, 11) is 0. The molecule has 98 valence electrons. The van der Waals surface area contributed by atoms with Gasteiger partial charge in [-0.15, -0.1) is 0 Å². The highest BCUT2D eigenvalue weighted by Crippen LogP contribution is 2.28. The highest BCUT2D eigenvalue weighted by Gasteiger charge is 2.28. The quantitative estimate of drug-likeness (QED) is 0.856. The number of hydrogen-bond acceptors (Lipinski definition) is 3. The van der Waals surface area contributed by atoms with E-state index in [0.29, 0.717) is 12.2 Å². The van der Waals surface area contributed by atoms with E-state index in [-0.39, 0.29) is 11.8 Å². The Bertz CT molecular complexity index is 605. The molecule has 0 aliphatic carbocycles. The first-order chi connectivity index (χ1) is 9.27. The topological polar surface area (TPSA) is 45.2 Å². The lowest BCUT2D eigenvalue weighted by Gasteiger charge is -2.19. The van der Waals surface area contributed by atoms with E-state index >= 15 is 0 Å². The van der Waals surface area contributed by atoms with Gasteiger partial charge in [-0.1, -0.05) is 18.2 Å². The van der Waals surface area contributed by atoms with Crippen LogP contribution in [0.2, 0.25) is 0 Å². The number of rotatable bonds is 2. The third-order valence-electron chi connectivity index (χ3n) is 3.44. The summed E-state index contributed by atoms with van der Waals surface area (Å²) in [4.78, 5) is 16.6. The lowest BCUT2D eigenvalue weighted by atomic mass is 10.1. The van der Waals surface area contributed by atoms with Crippen LogP contribution in [0.25, 0.3) is 10.9 Å². The summed E-state index contributed by atoms with van der Waals surface area (Å²) in [5.74, 6) is -0.0903. The van der Waals surface area contributed by atoms with Crippen molar-refractivity contribution < 1.29 is 4.79 Å². The van der Waals surface area contributed by atoms with E-state index in [1.807, 2.05) is 24.3 Å². The van der Waals surface area contributed by atoms with E-state index in [1.54, 1.807) is 12.3 Å². The van der Waals surface area contributed by atoms with Gasteiger partial charge in [0.2, 0.25) is 5.91 Å². The molecule has 1 fully saturated rings. The van der Waals surface area contributed by atoms with E-state index in [0.717, 1.165) is 23.9 Å². The van der Waals surface area contributed by atoms with E-state index < -0.39 is 0 Å². The highest BCUT2D eigenvalue weighted by molar-refractivity contribution is 6.38. The van der Waals surface area contributed by atoms with Crippen molar-refractivity contribution in [3.05, 3.63) is 36.5 Å². The maximum atomic E-state index is 12.3. The third-order valence-corrected chi connectivity index (χ3v) is 3.79. The predicted octanol–water partition coefficient (Wildman–Crippen LogP) is 2.33. The van der Waals surface area contributed by atoms with E-state index in [9.17, 15) is 4.79 Å². The van der Waals surface area contributed by atoms with Crippen molar-refractivity contribution >= 4 is 34.3 Å². The number of hydrogen-bond donors (Lipinski definition) is 1. The van der Waals surface area contributed by atoms with Gasteiger partial charge in [-0.25, -0.2) is 4.42 Å². The number of halogens is 1. The number of fused-ring (bicyclic) bond motifs is 1. The van der Waals surface area contributed by atoms with Crippen LogP contribution in [0.15, 0.2) is 36.5 Å². The summed E-state index contributed by atoms with van der Waals surface area (Å²) in [5, 5.41) is 4.07. The summed E-state index contributed by atoms with van der Waals surface area (Å²) < 4.78 is 1.24. The summed E-state index contributed by atoms with van der Waals surface area (Å²) >= 11 is 6.24. The molecule has 1 N–H and O–H groups in total. The molecule has 1 saturated heterocycles. The first kappa shape index (κ1) is 12.4. The Labute approximate surface area is 116 Å². The lowest BCUT2D eigenvalue weighted by molar-refractivity contribution is -0.120. The van der Waals surface area contributed by atoms with Gasteiger partial charge in [0.15, 0.2) is 0 Å². The Hall–Kier alpha value is -1.65. The molecule has 1 amide bonds. The minimum absolute atomic E-state index is 0.0376. The maximum absolute atomic E-state index is 12.3. The van der Waals surface area contributed by atoms with Crippen LogP contribution in [0.5, 0.6) is 0 Å². The van der Waals surface area contributed by atoms with Gasteiger partial charge in [-0.05, 0) is 25.1 Å². The smallest absolute Gasteiger partial charge is 0.246 e. The van der Waals surface area contributed by atoms with Gasteiger partial charge >= 0.3 is 0 Å². The number of pyridine rings is 1. The number of nitrogens with zero attached hydrogens (tertiary/aromatic N) is 2. The van der Waals surface area contributed by atoms with E-state index in [1.165, 1.54) is 4.42 Å². The molecule has 0 bridgehead atoms. The van der Waals surface area contributed by atoms with Crippen LogP contribution < -0.4 is 9.74 Å². The van der Waals surface area contributed by atoms with Gasteiger partial charge < -0.3 is 5.32 Å². The molecule has 0 radical (unpaired) electrons. The molecule has 1 aliphatic heterocycles. The fourth-order valence-electron chi connectivity index (χ4n) is 2.40. The van der Waals surface area contributed by atoms with Gasteiger partial charge in [0.05, 0.1) is 17.1 Å². The Morgan fingerprint density at radius 2 is 2.21 bits per heavy atom. The van der Waals surface area contributed by atoms with Crippen molar-refractivity contribution in [3.8, 4) is 0 Å². The molecule has 1 aromatic heterocycles. The number of carbonyl (C=O) groups excluding carboxylic acids is 1. The highest BCUT2D eigenvalue weighted by atomic mass is 35.5. The number of anilines is 1. The zero-order chi connectivity index (χ0) is 13.2. The molecule has 4 nitrogen and oxygen atoms in total. The van der Waals surface area contributed by atoms with Gasteiger partial charge in [0, 0.05) is 29.9 Å². The molecule has 2 heterocycles. The normalized spacial score (nSPS) is 18.7. The SMILES string of the molecule is O=C([C@H]1CCNC1)N(Cl)c1ccnc2ccccc12. The van der Waals surface area contributed by atoms with Crippen molar-refractivity contribution in [3.63, 3.8) is 0 Å². The minimum atomic E-state index is -0.0528. The van der Waals surface area contributed by atoms with Crippen molar-refractivity contribution in [1.29, 1.82) is 0 Å². The molecule has 3 rings (SSSR count). The first-order valence-corrected chi connectivity index (χ1v) is 6.65. The Balaban J connectivity index is 1.97. The Morgan fingerprint density at radius 3 is 3.00 bits per heavy atom. The average molecular weight is 276 g/mol. The lowest BCUT2D eigenvalue weighted by Crippen LogP contribution is -2.30. The summed E-state index contributed by atoms with van der Waals surface area (Å²) in [6.07, 6.45) is 2.51. The van der Waals surface area contributed by atoms with Crippen LogP contribution in [0.3, 0.4) is 0 Å². The van der Waals surface area contributed by atoms with Crippen LogP contribution in [0.4, 0.5) is 5.69 Å². The van der Waals surface area contributed by atoms with Crippen molar-refractivity contribution in [1.82, 2.24) is 10.3 Å². The number of benzene rings is 1. The van der Waals surface area contributed by atoms with Crippen molar-refractivity contribution in [2.45, 2.75) is 6.42 Å². The molecule has 1 atom stereocenters. The molecule has 5 heteroatoms. The predicted molar refractivity (Wildman–Crippen MR) is 76.1 cm³/mol. The van der Waals surface area contributed by atoms with Gasteiger partial charge in [0.25, 0.3) is 0 Å².